The maximum absolute atomic E-state index is 10.1. The maximum Gasteiger partial charge on any atom is 0.124 e. The van der Waals surface area contributed by atoms with Crippen LogP contribution < -0.4 is 0 Å². The Morgan fingerprint density at radius 3 is 1.41 bits per heavy atom. The molecule has 3 heterocycles. The van der Waals surface area contributed by atoms with E-state index in [9.17, 15) is 5.26 Å². The Kier molecular flexibility index (Phi) is 6.88. The fraction of sp³-hybridized carbons (Fsp3) is 0. The molecule has 6 heteroatoms. The second kappa shape index (κ2) is 11.9. The van der Waals surface area contributed by atoms with Crippen LogP contribution in [0.5, 0.6) is 0 Å². The number of para-hydroxylation sites is 1. The van der Waals surface area contributed by atoms with E-state index in [1.54, 1.807) is 22.7 Å². The molecule has 7 aromatic carbocycles. The highest BCUT2D eigenvalue weighted by atomic mass is 32.1. The SMILES string of the molecule is N#Cc1ccccc1-n1c2ccc(-c3ccc4sc(-c5ccccc5)nc4c3)cc2c2cc(-c3ccc4sc(-c5ccccc5)nc4c3)ccc21. The molecule has 4 nitrogen and oxygen atoms in total. The lowest BCUT2D eigenvalue weighted by Crippen LogP contribution is -1.97. The number of fused-ring (bicyclic) bond motifs is 5. The number of nitriles is 1. The molecule has 0 spiro atoms. The van der Waals surface area contributed by atoms with Crippen LogP contribution in [-0.4, -0.2) is 14.5 Å². The van der Waals surface area contributed by atoms with Gasteiger partial charge in [0, 0.05) is 21.9 Å². The lowest BCUT2D eigenvalue weighted by Gasteiger charge is -2.10. The van der Waals surface area contributed by atoms with E-state index in [0.717, 1.165) is 81.9 Å². The second-order valence-corrected chi connectivity index (χ2v) is 14.6. The van der Waals surface area contributed by atoms with Crippen LogP contribution in [0.25, 0.3) is 91.3 Å². The summed E-state index contributed by atoms with van der Waals surface area (Å²) in [6.07, 6.45) is 0. The van der Waals surface area contributed by atoms with Gasteiger partial charge in [0.05, 0.1) is 42.7 Å². The minimum atomic E-state index is 0.635. The molecule has 0 N–H and O–H groups in total. The van der Waals surface area contributed by atoms with Crippen molar-refractivity contribution in [1.82, 2.24) is 14.5 Å². The molecule has 10 aromatic rings. The molecule has 0 aliphatic rings. The third-order valence-electron chi connectivity index (χ3n) is 9.51. The third-order valence-corrected chi connectivity index (χ3v) is 11.7. The molecule has 0 aliphatic heterocycles. The maximum atomic E-state index is 10.1. The first-order valence-electron chi connectivity index (χ1n) is 16.7. The Labute approximate surface area is 301 Å². The van der Waals surface area contributed by atoms with E-state index >= 15 is 0 Å². The number of aromatic nitrogens is 3. The van der Waals surface area contributed by atoms with Crippen LogP contribution in [0.15, 0.2) is 158 Å². The van der Waals surface area contributed by atoms with Gasteiger partial charge in [0.1, 0.15) is 16.1 Å². The molecule has 0 fully saturated rings. The predicted molar refractivity (Wildman–Crippen MR) is 214 cm³/mol. The summed E-state index contributed by atoms with van der Waals surface area (Å²) in [5.74, 6) is 0. The first kappa shape index (κ1) is 29.5. The molecule has 0 radical (unpaired) electrons. The number of nitrogens with zero attached hydrogens (tertiary/aromatic N) is 4. The van der Waals surface area contributed by atoms with Crippen molar-refractivity contribution >= 4 is 64.9 Å². The normalized spacial score (nSPS) is 11.5. The van der Waals surface area contributed by atoms with Gasteiger partial charge in [-0.25, -0.2) is 9.97 Å². The summed E-state index contributed by atoms with van der Waals surface area (Å²) in [7, 11) is 0. The molecule has 3 aromatic heterocycles. The van der Waals surface area contributed by atoms with Crippen LogP contribution in [0.4, 0.5) is 0 Å². The number of rotatable bonds is 5. The van der Waals surface area contributed by atoms with Crippen LogP contribution >= 0.6 is 22.7 Å². The van der Waals surface area contributed by atoms with Crippen LogP contribution in [0.3, 0.4) is 0 Å². The largest absolute Gasteiger partial charge is 0.308 e. The number of thiazole rings is 2. The molecule has 10 rings (SSSR count). The number of hydrogen-bond acceptors (Lipinski definition) is 5. The summed E-state index contributed by atoms with van der Waals surface area (Å²) in [6, 6.07) is 57.4. The van der Waals surface area contributed by atoms with Gasteiger partial charge in [-0.3, -0.25) is 0 Å². The van der Waals surface area contributed by atoms with Gasteiger partial charge in [-0.15, -0.1) is 22.7 Å². The van der Waals surface area contributed by atoms with Gasteiger partial charge in [0.15, 0.2) is 0 Å². The van der Waals surface area contributed by atoms with Crippen molar-refractivity contribution in [2.45, 2.75) is 0 Å². The standard InChI is InChI=1S/C45H26N4S2/c46-27-34-13-7-8-14-39(34)49-40-19-15-30(32-17-21-42-37(25-32)47-44(50-42)28-9-3-1-4-10-28)23-35(40)36-24-31(16-20-41(36)49)33-18-22-43-38(26-33)48-45(51-43)29-11-5-2-6-12-29/h1-26H. The molecule has 0 aliphatic carbocycles. The van der Waals surface area contributed by atoms with E-state index in [-0.39, 0.29) is 0 Å². The number of hydrogen-bond donors (Lipinski definition) is 0. The summed E-state index contributed by atoms with van der Waals surface area (Å²) >= 11 is 3.44. The summed E-state index contributed by atoms with van der Waals surface area (Å²) in [6.45, 7) is 0. The van der Waals surface area contributed by atoms with E-state index in [2.05, 4.69) is 132 Å². The zero-order chi connectivity index (χ0) is 33.9. The lowest BCUT2D eigenvalue weighted by molar-refractivity contribution is 1.17. The average molecular weight is 687 g/mol. The summed E-state index contributed by atoms with van der Waals surface area (Å²) in [5, 5.41) is 14.4. The first-order valence-corrected chi connectivity index (χ1v) is 18.3. The Morgan fingerprint density at radius 2 is 0.902 bits per heavy atom. The quantitative estimate of drug-likeness (QED) is 0.181. The smallest absolute Gasteiger partial charge is 0.124 e. The van der Waals surface area contributed by atoms with Crippen LogP contribution in [0.2, 0.25) is 0 Å². The minimum Gasteiger partial charge on any atom is -0.308 e. The van der Waals surface area contributed by atoms with Crippen molar-refractivity contribution < 1.29 is 0 Å². The van der Waals surface area contributed by atoms with Crippen molar-refractivity contribution in [2.24, 2.45) is 0 Å². The molecule has 0 saturated carbocycles. The summed E-state index contributed by atoms with van der Waals surface area (Å²) in [5.41, 5.74) is 12.3. The highest BCUT2D eigenvalue weighted by Gasteiger charge is 2.18. The molecule has 0 saturated heterocycles. The molecule has 0 atom stereocenters. The minimum absolute atomic E-state index is 0.635. The Hall–Kier alpha value is -6.39. The molecule has 51 heavy (non-hydrogen) atoms. The van der Waals surface area contributed by atoms with Crippen LogP contribution in [-0.2, 0) is 0 Å². The van der Waals surface area contributed by atoms with Gasteiger partial charge in [-0.05, 0) is 82.9 Å². The van der Waals surface area contributed by atoms with Crippen LogP contribution in [0, 0.1) is 11.3 Å². The second-order valence-electron chi connectivity index (χ2n) is 12.6. The Balaban J connectivity index is 1.14. The topological polar surface area (TPSA) is 54.5 Å². The molecular formula is C45H26N4S2. The predicted octanol–water partition coefficient (Wildman–Crippen LogP) is 12.5. The molecule has 0 unspecified atom stereocenters. The fourth-order valence-corrected chi connectivity index (χ4v) is 8.93. The average Bonchev–Trinajstić information content (AvgIpc) is 3.91. The van der Waals surface area contributed by atoms with Crippen molar-refractivity contribution in [1.29, 1.82) is 5.26 Å². The lowest BCUT2D eigenvalue weighted by atomic mass is 10.00. The van der Waals surface area contributed by atoms with Crippen molar-refractivity contribution in [2.75, 3.05) is 0 Å². The van der Waals surface area contributed by atoms with Gasteiger partial charge in [-0.1, -0.05) is 97.1 Å². The van der Waals surface area contributed by atoms with E-state index in [1.165, 1.54) is 9.40 Å². The van der Waals surface area contributed by atoms with Gasteiger partial charge in [0.2, 0.25) is 0 Å². The number of benzene rings is 7. The molecule has 0 bridgehead atoms. The van der Waals surface area contributed by atoms with Gasteiger partial charge in [0.25, 0.3) is 0 Å². The van der Waals surface area contributed by atoms with Crippen molar-refractivity contribution in [3.8, 4) is 55.2 Å². The van der Waals surface area contributed by atoms with E-state index in [0.29, 0.717) is 5.56 Å². The van der Waals surface area contributed by atoms with Crippen LogP contribution in [0.1, 0.15) is 5.56 Å². The highest BCUT2D eigenvalue weighted by Crippen LogP contribution is 2.40. The Bertz CT molecular complexity index is 2810. The van der Waals surface area contributed by atoms with E-state index in [4.69, 9.17) is 9.97 Å². The molecule has 238 valence electrons. The van der Waals surface area contributed by atoms with E-state index in [1.807, 2.05) is 36.4 Å². The zero-order valence-electron chi connectivity index (χ0n) is 27.1. The Morgan fingerprint density at radius 1 is 0.451 bits per heavy atom. The highest BCUT2D eigenvalue weighted by molar-refractivity contribution is 7.22. The van der Waals surface area contributed by atoms with Gasteiger partial charge in [-0.2, -0.15) is 5.26 Å². The summed E-state index contributed by atoms with van der Waals surface area (Å²) < 4.78 is 4.56. The van der Waals surface area contributed by atoms with Gasteiger partial charge >= 0.3 is 0 Å². The van der Waals surface area contributed by atoms with Crippen molar-refractivity contribution in [3.63, 3.8) is 0 Å². The summed E-state index contributed by atoms with van der Waals surface area (Å²) in [4.78, 5) is 10.0. The first-order chi connectivity index (χ1) is 25.2. The van der Waals surface area contributed by atoms with E-state index < -0.39 is 0 Å². The van der Waals surface area contributed by atoms with Gasteiger partial charge < -0.3 is 4.57 Å². The van der Waals surface area contributed by atoms with Crippen molar-refractivity contribution in [3.05, 3.63) is 163 Å². The molecule has 0 amide bonds. The zero-order valence-corrected chi connectivity index (χ0v) is 28.7. The fourth-order valence-electron chi connectivity index (χ4n) is 7.03. The monoisotopic (exact) mass is 686 g/mol. The molecular weight excluding hydrogens is 661 g/mol. The third kappa shape index (κ3) is 5.02.